The molecule has 2 aromatic carbocycles. The summed E-state index contributed by atoms with van der Waals surface area (Å²) >= 11 is 8.53. The lowest BCUT2D eigenvalue weighted by Crippen LogP contribution is -2.54. The Morgan fingerprint density at radius 2 is 1.87 bits per heavy atom. The second-order valence-electron chi connectivity index (χ2n) is 6.45. The van der Waals surface area contributed by atoms with Gasteiger partial charge >= 0.3 is 0 Å². The number of nitro benzene ring substituents is 1. The number of amides is 2. The number of furan rings is 1. The number of non-ortho nitro benzene ring substituents is 1. The molecule has 0 bridgehead atoms. The molecule has 0 spiro atoms. The van der Waals surface area contributed by atoms with Gasteiger partial charge in [0.05, 0.1) is 10.6 Å². The molecule has 0 radical (unpaired) electrons. The molecule has 3 aromatic rings. The number of hydrogen-bond acceptors (Lipinski definition) is 6. The molecular weight excluding hydrogens is 486 g/mol. The summed E-state index contributed by atoms with van der Waals surface area (Å²) in [6.07, 6.45) is 1.31. The molecule has 1 aliphatic rings. The van der Waals surface area contributed by atoms with E-state index in [9.17, 15) is 19.7 Å². The Kier molecular flexibility index (Phi) is 5.49. The molecule has 1 aliphatic heterocycles. The highest BCUT2D eigenvalue weighted by Gasteiger charge is 2.34. The highest BCUT2D eigenvalue weighted by Crippen LogP contribution is 2.28. The van der Waals surface area contributed by atoms with Crippen LogP contribution >= 0.6 is 28.1 Å². The van der Waals surface area contributed by atoms with Gasteiger partial charge in [-0.2, -0.15) is 0 Å². The summed E-state index contributed by atoms with van der Waals surface area (Å²) < 4.78 is 6.45. The maximum Gasteiger partial charge on any atom is 0.270 e. The summed E-state index contributed by atoms with van der Waals surface area (Å²) in [4.78, 5) is 37.2. The number of nitrogens with one attached hydrogen (secondary N) is 1. The molecule has 1 aromatic heterocycles. The van der Waals surface area contributed by atoms with Gasteiger partial charge in [-0.3, -0.25) is 29.9 Å². The summed E-state index contributed by atoms with van der Waals surface area (Å²) in [5.74, 6) is -0.643. The first kappa shape index (κ1) is 20.6. The largest absolute Gasteiger partial charge is 0.457 e. The Bertz CT molecular complexity index is 1280. The minimum absolute atomic E-state index is 0.0259. The van der Waals surface area contributed by atoms with Crippen molar-refractivity contribution in [3.05, 3.63) is 86.6 Å². The van der Waals surface area contributed by atoms with Gasteiger partial charge < -0.3 is 4.42 Å². The predicted octanol–water partition coefficient (Wildman–Crippen LogP) is 4.45. The fourth-order valence-corrected chi connectivity index (χ4v) is 3.68. The van der Waals surface area contributed by atoms with Gasteiger partial charge in [-0.25, -0.2) is 0 Å². The first-order valence-electron chi connectivity index (χ1n) is 8.85. The van der Waals surface area contributed by atoms with Crippen molar-refractivity contribution in [2.75, 3.05) is 4.90 Å². The molecule has 154 valence electrons. The standard InChI is InChI=1S/C21H12BrN3O5S/c22-13-4-2-5-14(10-13)24-20(27)17(19(26)23-21(24)31)11-16-7-8-18(30-16)12-3-1-6-15(9-12)25(28)29/h1-11H,(H,23,26,31). The van der Waals surface area contributed by atoms with Crippen molar-refractivity contribution in [2.45, 2.75) is 0 Å². The number of halogens is 1. The lowest BCUT2D eigenvalue weighted by Gasteiger charge is -2.28. The zero-order chi connectivity index (χ0) is 22.1. The molecule has 10 heteroatoms. The van der Waals surface area contributed by atoms with Gasteiger partial charge in [0.25, 0.3) is 17.5 Å². The average Bonchev–Trinajstić information content (AvgIpc) is 3.20. The number of nitrogens with zero attached hydrogens (tertiary/aromatic N) is 2. The van der Waals surface area contributed by atoms with E-state index in [1.165, 1.54) is 23.1 Å². The van der Waals surface area contributed by atoms with Crippen LogP contribution in [0.15, 0.2) is 75.1 Å². The van der Waals surface area contributed by atoms with Gasteiger partial charge in [0.15, 0.2) is 5.11 Å². The van der Waals surface area contributed by atoms with Crippen LogP contribution in [-0.2, 0) is 9.59 Å². The minimum Gasteiger partial charge on any atom is -0.457 e. The van der Waals surface area contributed by atoms with Crippen molar-refractivity contribution >= 4 is 62.5 Å². The molecule has 1 saturated heterocycles. The third kappa shape index (κ3) is 4.16. The average molecular weight is 498 g/mol. The first-order chi connectivity index (χ1) is 14.8. The van der Waals surface area contributed by atoms with Crippen molar-refractivity contribution in [1.82, 2.24) is 5.32 Å². The van der Waals surface area contributed by atoms with E-state index in [1.54, 1.807) is 48.5 Å². The molecule has 4 rings (SSSR count). The Hall–Kier alpha value is -3.63. The Balaban J connectivity index is 1.67. The highest BCUT2D eigenvalue weighted by molar-refractivity contribution is 9.10. The number of carbonyl (C=O) groups excluding carboxylic acids is 2. The molecule has 1 N–H and O–H groups in total. The summed E-state index contributed by atoms with van der Waals surface area (Å²) in [6.45, 7) is 0. The van der Waals surface area contributed by atoms with Gasteiger partial charge in [-0.05, 0) is 48.6 Å². The minimum atomic E-state index is -0.644. The summed E-state index contributed by atoms with van der Waals surface area (Å²) in [7, 11) is 0. The van der Waals surface area contributed by atoms with Crippen molar-refractivity contribution in [3.63, 3.8) is 0 Å². The topological polar surface area (TPSA) is 106 Å². The predicted molar refractivity (Wildman–Crippen MR) is 121 cm³/mol. The number of carbonyl (C=O) groups is 2. The van der Waals surface area contributed by atoms with E-state index < -0.39 is 16.7 Å². The number of thiocarbonyl (C=S) groups is 1. The van der Waals surface area contributed by atoms with Crippen LogP contribution in [0.2, 0.25) is 0 Å². The Labute approximate surface area is 189 Å². The van der Waals surface area contributed by atoms with E-state index in [4.69, 9.17) is 16.6 Å². The highest BCUT2D eigenvalue weighted by atomic mass is 79.9. The molecule has 1 fully saturated rings. The van der Waals surface area contributed by atoms with E-state index in [0.717, 1.165) is 4.47 Å². The molecule has 2 heterocycles. The lowest BCUT2D eigenvalue weighted by atomic mass is 10.1. The van der Waals surface area contributed by atoms with E-state index in [1.807, 2.05) is 0 Å². The fourth-order valence-electron chi connectivity index (χ4n) is 3.01. The maximum atomic E-state index is 13.0. The van der Waals surface area contributed by atoms with Crippen LogP contribution in [-0.4, -0.2) is 21.9 Å². The molecule has 0 aliphatic carbocycles. The monoisotopic (exact) mass is 497 g/mol. The van der Waals surface area contributed by atoms with Gasteiger partial charge in [-0.1, -0.05) is 34.1 Å². The molecule has 2 amide bonds. The van der Waals surface area contributed by atoms with Gasteiger partial charge in [0.2, 0.25) is 0 Å². The van der Waals surface area contributed by atoms with Crippen molar-refractivity contribution < 1.29 is 18.9 Å². The first-order valence-corrected chi connectivity index (χ1v) is 10.1. The second kappa shape index (κ2) is 8.25. The van der Waals surface area contributed by atoms with Gasteiger partial charge in [0, 0.05) is 22.2 Å². The van der Waals surface area contributed by atoms with Gasteiger partial charge in [0.1, 0.15) is 17.1 Å². The van der Waals surface area contributed by atoms with Crippen molar-refractivity contribution in [3.8, 4) is 11.3 Å². The second-order valence-corrected chi connectivity index (χ2v) is 7.75. The third-order valence-electron chi connectivity index (χ3n) is 4.42. The lowest BCUT2D eigenvalue weighted by molar-refractivity contribution is -0.384. The van der Waals surface area contributed by atoms with E-state index in [0.29, 0.717) is 17.0 Å². The summed E-state index contributed by atoms with van der Waals surface area (Å²) in [5, 5.41) is 13.5. The summed E-state index contributed by atoms with van der Waals surface area (Å²) in [5.41, 5.74) is 0.754. The fraction of sp³-hybridized carbons (Fsp3) is 0. The Morgan fingerprint density at radius 1 is 1.10 bits per heavy atom. The van der Waals surface area contributed by atoms with Gasteiger partial charge in [-0.15, -0.1) is 0 Å². The zero-order valence-corrected chi connectivity index (χ0v) is 18.0. The number of hydrogen-bond donors (Lipinski definition) is 1. The van der Waals surface area contributed by atoms with E-state index in [2.05, 4.69) is 21.2 Å². The van der Waals surface area contributed by atoms with Crippen LogP contribution < -0.4 is 10.2 Å². The number of anilines is 1. The molecule has 0 unspecified atom stereocenters. The van der Waals surface area contributed by atoms with E-state index >= 15 is 0 Å². The van der Waals surface area contributed by atoms with Crippen LogP contribution in [0.25, 0.3) is 17.4 Å². The van der Waals surface area contributed by atoms with Crippen LogP contribution in [0.3, 0.4) is 0 Å². The van der Waals surface area contributed by atoms with Crippen LogP contribution in [0.1, 0.15) is 5.76 Å². The molecule has 0 atom stereocenters. The third-order valence-corrected chi connectivity index (χ3v) is 5.20. The molecular formula is C21H12BrN3O5S. The zero-order valence-electron chi connectivity index (χ0n) is 15.6. The molecule has 8 nitrogen and oxygen atoms in total. The normalized spacial score (nSPS) is 15.3. The SMILES string of the molecule is O=C1NC(=S)N(c2cccc(Br)c2)C(=O)C1=Cc1ccc(-c2cccc([N+](=O)[O-])c2)o1. The molecule has 0 saturated carbocycles. The number of rotatable bonds is 4. The summed E-state index contributed by atoms with van der Waals surface area (Å²) in [6, 6.07) is 16.1. The van der Waals surface area contributed by atoms with Crippen molar-refractivity contribution in [2.24, 2.45) is 0 Å². The smallest absolute Gasteiger partial charge is 0.270 e. The Morgan fingerprint density at radius 3 is 2.61 bits per heavy atom. The maximum absolute atomic E-state index is 13.0. The van der Waals surface area contributed by atoms with Crippen LogP contribution in [0.5, 0.6) is 0 Å². The van der Waals surface area contributed by atoms with Crippen LogP contribution in [0.4, 0.5) is 11.4 Å². The van der Waals surface area contributed by atoms with Crippen LogP contribution in [0, 0.1) is 10.1 Å². The number of nitro groups is 1. The van der Waals surface area contributed by atoms with Crippen molar-refractivity contribution in [1.29, 1.82) is 0 Å². The van der Waals surface area contributed by atoms with E-state index in [-0.39, 0.29) is 22.1 Å². The quantitative estimate of drug-likeness (QED) is 0.187. The number of benzene rings is 2. The molecule has 31 heavy (non-hydrogen) atoms.